The molecule has 1 unspecified atom stereocenters. The van der Waals surface area contributed by atoms with Gasteiger partial charge in [0.15, 0.2) is 0 Å². The summed E-state index contributed by atoms with van der Waals surface area (Å²) in [4.78, 5) is 0. The van der Waals surface area contributed by atoms with Crippen molar-refractivity contribution in [3.63, 3.8) is 0 Å². The molecule has 1 atom stereocenters. The molecule has 1 nitrogen and oxygen atoms in total. The molecule has 1 aliphatic rings. The van der Waals surface area contributed by atoms with Crippen LogP contribution in [0.4, 0.5) is 0 Å². The van der Waals surface area contributed by atoms with Crippen molar-refractivity contribution >= 4 is 0 Å². The smallest absolute Gasteiger partial charge is 0.125 e. The number of hydrogen-bond donors (Lipinski definition) is 0. The summed E-state index contributed by atoms with van der Waals surface area (Å²) in [5.41, 5.74) is 2.64. The summed E-state index contributed by atoms with van der Waals surface area (Å²) in [5.74, 6) is 1.78. The average Bonchev–Trinajstić information content (AvgIpc) is 2.07. The van der Waals surface area contributed by atoms with Crippen LogP contribution in [0.1, 0.15) is 30.4 Å². The van der Waals surface area contributed by atoms with Gasteiger partial charge in [0.2, 0.25) is 0 Å². The predicted molar refractivity (Wildman–Crippen MR) is 49.7 cm³/mol. The predicted octanol–water partition coefficient (Wildman–Crippen LogP) is 2.88. The Morgan fingerprint density at radius 2 is 2.25 bits per heavy atom. The van der Waals surface area contributed by atoms with E-state index in [-0.39, 0.29) is 0 Å². The number of ether oxygens (including phenoxy) is 1. The fraction of sp³-hybridized carbons (Fsp3) is 0.455. The zero-order valence-electron chi connectivity index (χ0n) is 7.63. The fourth-order valence-corrected chi connectivity index (χ4v) is 1.75. The second kappa shape index (κ2) is 2.81. The van der Waals surface area contributed by atoms with E-state index in [1.165, 1.54) is 11.1 Å². The normalized spacial score (nSPS) is 21.3. The van der Waals surface area contributed by atoms with Gasteiger partial charge in [0.25, 0.3) is 0 Å². The third kappa shape index (κ3) is 1.09. The molecule has 1 aliphatic heterocycles. The Bertz CT molecular complexity index is 291. The van der Waals surface area contributed by atoms with Crippen molar-refractivity contribution in [3.05, 3.63) is 29.3 Å². The summed E-state index contributed by atoms with van der Waals surface area (Å²) in [6.07, 6.45) is 1.15. The van der Waals surface area contributed by atoms with Crippen LogP contribution in [0.25, 0.3) is 0 Å². The molecule has 1 heterocycles. The molecule has 1 aromatic carbocycles. The van der Waals surface area contributed by atoms with Gasteiger partial charge in [-0.3, -0.25) is 0 Å². The summed E-state index contributed by atoms with van der Waals surface area (Å²) >= 11 is 0. The Kier molecular flexibility index (Phi) is 1.80. The van der Waals surface area contributed by atoms with Crippen LogP contribution in [0, 0.1) is 6.92 Å². The van der Waals surface area contributed by atoms with Crippen LogP contribution in [0.5, 0.6) is 5.75 Å². The highest BCUT2D eigenvalue weighted by atomic mass is 16.5. The van der Waals surface area contributed by atoms with Gasteiger partial charge in [-0.15, -0.1) is 0 Å². The van der Waals surface area contributed by atoms with E-state index in [1.54, 1.807) is 0 Å². The molecule has 0 radical (unpaired) electrons. The molecule has 0 bridgehead atoms. The number of hydrogen-bond acceptors (Lipinski definition) is 1. The molecular formula is C11H14O. The largest absolute Gasteiger partial charge is 0.493 e. The molecule has 2 rings (SSSR count). The van der Waals surface area contributed by atoms with Gasteiger partial charge in [-0.25, -0.2) is 0 Å². The third-order valence-electron chi connectivity index (χ3n) is 2.57. The van der Waals surface area contributed by atoms with Crippen molar-refractivity contribution < 1.29 is 4.74 Å². The monoisotopic (exact) mass is 162 g/mol. The quantitative estimate of drug-likeness (QED) is 0.570. The summed E-state index contributed by atoms with van der Waals surface area (Å²) < 4.78 is 5.62. The molecular weight excluding hydrogens is 148 g/mol. The fourth-order valence-electron chi connectivity index (χ4n) is 1.75. The Labute approximate surface area is 73.4 Å². The van der Waals surface area contributed by atoms with Gasteiger partial charge in [0.1, 0.15) is 5.75 Å². The first-order valence-corrected chi connectivity index (χ1v) is 4.51. The molecule has 1 heteroatoms. The SMILES string of the molecule is Cc1cccc2c1OCCC2C. The van der Waals surface area contributed by atoms with Gasteiger partial charge in [-0.05, 0) is 30.4 Å². The lowest BCUT2D eigenvalue weighted by Crippen LogP contribution is -2.12. The molecule has 0 saturated heterocycles. The van der Waals surface area contributed by atoms with Gasteiger partial charge in [0.05, 0.1) is 6.61 Å². The maximum Gasteiger partial charge on any atom is 0.125 e. The highest BCUT2D eigenvalue weighted by Gasteiger charge is 2.17. The molecule has 12 heavy (non-hydrogen) atoms. The molecule has 1 aromatic rings. The number of para-hydroxylation sites is 1. The van der Waals surface area contributed by atoms with Crippen molar-refractivity contribution in [3.8, 4) is 5.75 Å². The van der Waals surface area contributed by atoms with E-state index in [0.29, 0.717) is 5.92 Å². The van der Waals surface area contributed by atoms with Gasteiger partial charge in [-0.1, -0.05) is 25.1 Å². The van der Waals surface area contributed by atoms with Gasteiger partial charge >= 0.3 is 0 Å². The van der Waals surface area contributed by atoms with Crippen LogP contribution in [0.3, 0.4) is 0 Å². The highest BCUT2D eigenvalue weighted by molar-refractivity contribution is 5.43. The molecule has 0 saturated carbocycles. The number of rotatable bonds is 0. The molecule has 64 valence electrons. The van der Waals surface area contributed by atoms with Crippen LogP contribution < -0.4 is 4.74 Å². The number of benzene rings is 1. The second-order valence-electron chi connectivity index (χ2n) is 3.53. The van der Waals surface area contributed by atoms with Gasteiger partial charge < -0.3 is 4.74 Å². The van der Waals surface area contributed by atoms with Crippen LogP contribution >= 0.6 is 0 Å². The number of aryl methyl sites for hydroxylation is 1. The highest BCUT2D eigenvalue weighted by Crippen LogP contribution is 2.35. The Morgan fingerprint density at radius 3 is 3.00 bits per heavy atom. The maximum absolute atomic E-state index is 5.62. The number of fused-ring (bicyclic) bond motifs is 1. The molecule has 0 spiro atoms. The summed E-state index contributed by atoms with van der Waals surface area (Å²) in [5, 5.41) is 0. The molecule has 0 aromatic heterocycles. The van der Waals surface area contributed by atoms with Crippen LogP contribution in [0.15, 0.2) is 18.2 Å². The molecule has 0 fully saturated rings. The van der Waals surface area contributed by atoms with Crippen molar-refractivity contribution in [2.24, 2.45) is 0 Å². The summed E-state index contributed by atoms with van der Waals surface area (Å²) in [6, 6.07) is 6.39. The zero-order valence-corrected chi connectivity index (χ0v) is 7.63. The molecule has 0 N–H and O–H groups in total. The van der Waals surface area contributed by atoms with Crippen LogP contribution in [-0.4, -0.2) is 6.61 Å². The Morgan fingerprint density at radius 1 is 1.42 bits per heavy atom. The van der Waals surface area contributed by atoms with Crippen molar-refractivity contribution in [2.75, 3.05) is 6.61 Å². The van der Waals surface area contributed by atoms with Crippen molar-refractivity contribution in [1.29, 1.82) is 0 Å². The lowest BCUT2D eigenvalue weighted by Gasteiger charge is -2.24. The lowest BCUT2D eigenvalue weighted by molar-refractivity contribution is 0.270. The van der Waals surface area contributed by atoms with Crippen LogP contribution in [-0.2, 0) is 0 Å². The van der Waals surface area contributed by atoms with Gasteiger partial charge in [-0.2, -0.15) is 0 Å². The Balaban J connectivity index is 2.52. The minimum absolute atomic E-state index is 0.661. The van der Waals surface area contributed by atoms with Crippen molar-refractivity contribution in [1.82, 2.24) is 0 Å². The molecule has 0 aliphatic carbocycles. The third-order valence-corrected chi connectivity index (χ3v) is 2.57. The van der Waals surface area contributed by atoms with E-state index >= 15 is 0 Å². The van der Waals surface area contributed by atoms with Crippen LogP contribution in [0.2, 0.25) is 0 Å². The van der Waals surface area contributed by atoms with E-state index in [4.69, 9.17) is 4.74 Å². The van der Waals surface area contributed by atoms with E-state index in [9.17, 15) is 0 Å². The van der Waals surface area contributed by atoms with Gasteiger partial charge in [0, 0.05) is 0 Å². The maximum atomic E-state index is 5.62. The Hall–Kier alpha value is -0.980. The van der Waals surface area contributed by atoms with E-state index in [2.05, 4.69) is 32.0 Å². The standard InChI is InChI=1S/C11H14O/c1-8-6-7-12-11-9(2)4-3-5-10(8)11/h3-5,8H,6-7H2,1-2H3. The summed E-state index contributed by atoms with van der Waals surface area (Å²) in [7, 11) is 0. The van der Waals surface area contributed by atoms with E-state index < -0.39 is 0 Å². The zero-order chi connectivity index (χ0) is 8.55. The second-order valence-corrected chi connectivity index (χ2v) is 3.53. The van der Waals surface area contributed by atoms with Crippen molar-refractivity contribution in [2.45, 2.75) is 26.2 Å². The minimum Gasteiger partial charge on any atom is -0.493 e. The first kappa shape index (κ1) is 7.66. The topological polar surface area (TPSA) is 9.23 Å². The average molecular weight is 162 g/mol. The first-order valence-electron chi connectivity index (χ1n) is 4.51. The molecule has 0 amide bonds. The first-order chi connectivity index (χ1) is 5.79. The lowest BCUT2D eigenvalue weighted by atomic mass is 9.93. The summed E-state index contributed by atoms with van der Waals surface area (Å²) in [6.45, 7) is 5.25. The minimum atomic E-state index is 0.661. The van der Waals surface area contributed by atoms with E-state index in [1.807, 2.05) is 0 Å². The van der Waals surface area contributed by atoms with E-state index in [0.717, 1.165) is 18.8 Å².